The van der Waals surface area contributed by atoms with Gasteiger partial charge in [-0.25, -0.2) is 9.37 Å². The third-order valence-electron chi connectivity index (χ3n) is 7.92. The quantitative estimate of drug-likeness (QED) is 0.220. The maximum atomic E-state index is 14.8. The lowest BCUT2D eigenvalue weighted by atomic mass is 9.82. The Morgan fingerprint density at radius 1 is 1.10 bits per heavy atom. The molecule has 1 aliphatic carbocycles. The van der Waals surface area contributed by atoms with E-state index in [0.717, 1.165) is 54.2 Å². The number of halogens is 1. The molecular formula is C31H34FNO7S. The van der Waals surface area contributed by atoms with E-state index in [1.54, 1.807) is 12.1 Å². The van der Waals surface area contributed by atoms with Crippen LogP contribution in [0.1, 0.15) is 60.5 Å². The smallest absolute Gasteiger partial charge is 0.309 e. The maximum Gasteiger partial charge on any atom is 0.309 e. The van der Waals surface area contributed by atoms with Gasteiger partial charge in [0.05, 0.1) is 39.2 Å². The van der Waals surface area contributed by atoms with E-state index in [0.29, 0.717) is 23.5 Å². The molecule has 0 spiro atoms. The summed E-state index contributed by atoms with van der Waals surface area (Å²) in [6.07, 6.45) is 5.40. The SMILES string of the molecule is COC(=O)[C@@H](C)[C@H](c1ccc2c(c1)OC(c1ccc(-c3cc(OC)ncc3F)c(COS(C)(=O)=O)c1)CC2)C1CC1. The molecule has 10 heteroatoms. The lowest BCUT2D eigenvalue weighted by Gasteiger charge is -2.29. The summed E-state index contributed by atoms with van der Waals surface area (Å²) < 4.78 is 60.3. The van der Waals surface area contributed by atoms with E-state index >= 15 is 0 Å². The Labute approximate surface area is 239 Å². The molecule has 1 saturated carbocycles. The molecule has 0 radical (unpaired) electrons. The van der Waals surface area contributed by atoms with Gasteiger partial charge in [0.1, 0.15) is 17.7 Å². The first-order valence-corrected chi connectivity index (χ1v) is 15.4. The highest BCUT2D eigenvalue weighted by Gasteiger charge is 2.39. The Hall–Kier alpha value is -3.50. The number of aromatic nitrogens is 1. The lowest BCUT2D eigenvalue weighted by molar-refractivity contribution is -0.145. The van der Waals surface area contributed by atoms with Crippen LogP contribution in [0.15, 0.2) is 48.7 Å². The number of carbonyl (C=O) groups is 1. The molecule has 8 nitrogen and oxygen atoms in total. The van der Waals surface area contributed by atoms with Crippen molar-refractivity contribution in [3.8, 4) is 22.8 Å². The van der Waals surface area contributed by atoms with Gasteiger partial charge in [-0.1, -0.05) is 31.2 Å². The van der Waals surface area contributed by atoms with Gasteiger partial charge in [-0.05, 0) is 77.5 Å². The molecule has 3 atom stereocenters. The van der Waals surface area contributed by atoms with Crippen molar-refractivity contribution in [3.05, 3.63) is 76.7 Å². The van der Waals surface area contributed by atoms with Crippen molar-refractivity contribution in [1.82, 2.24) is 4.98 Å². The normalized spacial score (nSPS) is 18.1. The largest absolute Gasteiger partial charge is 0.485 e. The lowest BCUT2D eigenvalue weighted by Crippen LogP contribution is -2.23. The Morgan fingerprint density at radius 2 is 1.88 bits per heavy atom. The van der Waals surface area contributed by atoms with Crippen LogP contribution in [0.2, 0.25) is 0 Å². The van der Waals surface area contributed by atoms with E-state index in [9.17, 15) is 17.6 Å². The van der Waals surface area contributed by atoms with E-state index in [4.69, 9.17) is 18.4 Å². The first kappa shape index (κ1) is 29.0. The summed E-state index contributed by atoms with van der Waals surface area (Å²) in [6, 6.07) is 13.1. The second-order valence-corrected chi connectivity index (χ2v) is 12.4. The minimum atomic E-state index is -3.75. The van der Waals surface area contributed by atoms with Crippen LogP contribution in [0.5, 0.6) is 11.6 Å². The van der Waals surface area contributed by atoms with Crippen molar-refractivity contribution >= 4 is 16.1 Å². The van der Waals surface area contributed by atoms with Crippen LogP contribution >= 0.6 is 0 Å². The topological polar surface area (TPSA) is 101 Å². The summed E-state index contributed by atoms with van der Waals surface area (Å²) >= 11 is 0. The highest BCUT2D eigenvalue weighted by atomic mass is 32.2. The Balaban J connectivity index is 1.47. The molecule has 2 heterocycles. The molecular weight excluding hydrogens is 549 g/mol. The van der Waals surface area contributed by atoms with Crippen molar-refractivity contribution in [2.45, 2.75) is 51.2 Å². The minimum Gasteiger partial charge on any atom is -0.485 e. The molecule has 1 aromatic heterocycles. The predicted molar refractivity (Wildman–Crippen MR) is 151 cm³/mol. The van der Waals surface area contributed by atoms with Crippen molar-refractivity contribution in [2.24, 2.45) is 11.8 Å². The average Bonchev–Trinajstić information content (AvgIpc) is 3.80. The van der Waals surface area contributed by atoms with Gasteiger partial charge >= 0.3 is 5.97 Å². The zero-order valence-corrected chi connectivity index (χ0v) is 24.4. The van der Waals surface area contributed by atoms with Gasteiger partial charge in [-0.2, -0.15) is 8.42 Å². The van der Waals surface area contributed by atoms with Crippen molar-refractivity contribution in [1.29, 1.82) is 0 Å². The molecule has 0 amide bonds. The van der Waals surface area contributed by atoms with Crippen molar-refractivity contribution < 1.29 is 36.0 Å². The standard InChI is InChI=1S/C31H34FNO7S/c1-18(31(34)38-3)30(20-6-7-20)22-8-5-19-10-12-27(40-28(19)14-22)21-9-11-24(23(13-21)17-39-41(4,35)36)25-15-29(37-2)33-16-26(25)32/h5,8-9,11,13-16,18,20,27,30H,6-7,10,12,17H2,1-4H3/t18-,27?,30-/m0/s1. The van der Waals surface area contributed by atoms with Crippen LogP contribution in [-0.4, -0.2) is 39.8 Å². The molecule has 2 aliphatic rings. The number of hydrogen-bond acceptors (Lipinski definition) is 8. The molecule has 2 aromatic carbocycles. The number of rotatable bonds is 10. The Bertz CT molecular complexity index is 1550. The number of carbonyl (C=O) groups excluding carboxylic acids is 1. The van der Waals surface area contributed by atoms with Gasteiger partial charge in [0.2, 0.25) is 5.88 Å². The van der Waals surface area contributed by atoms with Crippen LogP contribution in [0.25, 0.3) is 11.1 Å². The molecule has 1 aliphatic heterocycles. The summed E-state index contributed by atoms with van der Waals surface area (Å²) in [5, 5.41) is 0. The minimum absolute atomic E-state index is 0.0583. The fourth-order valence-electron chi connectivity index (χ4n) is 5.69. The molecule has 3 aromatic rings. The summed E-state index contributed by atoms with van der Waals surface area (Å²) in [7, 11) is -0.889. The zero-order chi connectivity index (χ0) is 29.3. The number of esters is 1. The molecule has 0 N–H and O–H groups in total. The molecule has 1 fully saturated rings. The van der Waals surface area contributed by atoms with E-state index < -0.39 is 15.9 Å². The number of nitrogens with zero attached hydrogens (tertiary/aromatic N) is 1. The van der Waals surface area contributed by atoms with E-state index in [1.807, 2.05) is 19.1 Å². The number of ether oxygens (including phenoxy) is 3. The molecule has 41 heavy (non-hydrogen) atoms. The molecule has 5 rings (SSSR count). The third kappa shape index (κ3) is 6.54. The second kappa shape index (κ2) is 11.8. The average molecular weight is 584 g/mol. The number of methoxy groups -OCH3 is 2. The van der Waals surface area contributed by atoms with Crippen LogP contribution in [-0.2, 0) is 36.9 Å². The van der Waals surface area contributed by atoms with Gasteiger partial charge in [0.25, 0.3) is 10.1 Å². The first-order valence-electron chi connectivity index (χ1n) is 13.6. The van der Waals surface area contributed by atoms with Crippen molar-refractivity contribution in [2.75, 3.05) is 20.5 Å². The maximum absolute atomic E-state index is 14.8. The summed E-state index contributed by atoms with van der Waals surface area (Å²) in [5.74, 6) is 0.453. The number of hydrogen-bond donors (Lipinski definition) is 0. The summed E-state index contributed by atoms with van der Waals surface area (Å²) in [4.78, 5) is 16.3. The molecule has 218 valence electrons. The van der Waals surface area contributed by atoms with Crippen LogP contribution in [0.4, 0.5) is 4.39 Å². The number of benzene rings is 2. The van der Waals surface area contributed by atoms with Crippen molar-refractivity contribution in [3.63, 3.8) is 0 Å². The molecule has 0 saturated heterocycles. The van der Waals surface area contributed by atoms with Gasteiger partial charge in [-0.15, -0.1) is 0 Å². The highest BCUT2D eigenvalue weighted by Crippen LogP contribution is 2.48. The van der Waals surface area contributed by atoms with Gasteiger partial charge in [-0.3, -0.25) is 8.98 Å². The fourth-order valence-corrected chi connectivity index (χ4v) is 6.03. The van der Waals surface area contributed by atoms with Gasteiger partial charge in [0.15, 0.2) is 0 Å². The predicted octanol–water partition coefficient (Wildman–Crippen LogP) is 5.74. The Morgan fingerprint density at radius 3 is 2.56 bits per heavy atom. The zero-order valence-electron chi connectivity index (χ0n) is 23.6. The monoisotopic (exact) mass is 583 g/mol. The summed E-state index contributed by atoms with van der Waals surface area (Å²) in [5.41, 5.74) is 4.15. The summed E-state index contributed by atoms with van der Waals surface area (Å²) in [6.45, 7) is 1.65. The van der Waals surface area contributed by atoms with Crippen LogP contribution < -0.4 is 9.47 Å². The van der Waals surface area contributed by atoms with E-state index in [2.05, 4.69) is 17.1 Å². The number of pyridine rings is 1. The van der Waals surface area contributed by atoms with Crippen LogP contribution in [0.3, 0.4) is 0 Å². The van der Waals surface area contributed by atoms with E-state index in [1.165, 1.54) is 20.3 Å². The second-order valence-electron chi connectivity index (χ2n) is 10.8. The van der Waals surface area contributed by atoms with E-state index in [-0.39, 0.29) is 42.0 Å². The third-order valence-corrected chi connectivity index (χ3v) is 8.47. The van der Waals surface area contributed by atoms with Crippen LogP contribution in [0, 0.1) is 17.7 Å². The molecule has 1 unspecified atom stereocenters. The number of aryl methyl sites for hydroxylation is 1. The number of fused-ring (bicyclic) bond motifs is 1. The molecule has 0 bridgehead atoms. The highest BCUT2D eigenvalue weighted by molar-refractivity contribution is 7.85. The fraction of sp³-hybridized carbons (Fsp3) is 0.419. The van der Waals surface area contributed by atoms with Gasteiger partial charge in [0, 0.05) is 11.6 Å². The Kier molecular flexibility index (Phi) is 8.33. The first-order chi connectivity index (χ1) is 19.6. The van der Waals surface area contributed by atoms with Gasteiger partial charge < -0.3 is 14.2 Å².